The van der Waals surface area contributed by atoms with Crippen molar-refractivity contribution in [3.63, 3.8) is 0 Å². The Morgan fingerprint density at radius 2 is 1.89 bits per heavy atom. The molecule has 5 heteroatoms. The van der Waals surface area contributed by atoms with Gasteiger partial charge in [0.25, 0.3) is 0 Å². The fraction of sp³-hybridized carbons (Fsp3) is 0.571. The van der Waals surface area contributed by atoms with Crippen molar-refractivity contribution in [3.05, 3.63) is 29.3 Å². The minimum Gasteiger partial charge on any atom is -0.316 e. The zero-order chi connectivity index (χ0) is 14.3. The minimum atomic E-state index is -3.29. The molecule has 3 nitrogen and oxygen atoms in total. The van der Waals surface area contributed by atoms with Crippen LogP contribution in [0.4, 0.5) is 0 Å². The van der Waals surface area contributed by atoms with Gasteiger partial charge in [-0.15, -0.1) is 0 Å². The van der Waals surface area contributed by atoms with Crippen LogP contribution in [0.25, 0.3) is 0 Å². The van der Waals surface area contributed by atoms with Crippen LogP contribution in [-0.4, -0.2) is 27.3 Å². The third-order valence-electron chi connectivity index (χ3n) is 2.85. The van der Waals surface area contributed by atoms with E-state index in [1.165, 1.54) is 0 Å². The van der Waals surface area contributed by atoms with Crippen molar-refractivity contribution in [1.29, 1.82) is 0 Å². The van der Waals surface area contributed by atoms with Gasteiger partial charge < -0.3 is 5.32 Å². The third kappa shape index (κ3) is 5.93. The van der Waals surface area contributed by atoms with Crippen LogP contribution in [-0.2, 0) is 9.84 Å². The molecule has 0 radical (unpaired) electrons. The number of nitrogens with one attached hydrogen (secondary N) is 1. The Morgan fingerprint density at radius 3 is 2.53 bits per heavy atom. The van der Waals surface area contributed by atoms with Gasteiger partial charge in [-0.25, -0.2) is 8.42 Å². The summed E-state index contributed by atoms with van der Waals surface area (Å²) in [6.45, 7) is 5.69. The van der Waals surface area contributed by atoms with Gasteiger partial charge in [0, 0.05) is 6.54 Å². The molecule has 0 aliphatic heterocycles. The average Bonchev–Trinajstić information content (AvgIpc) is 2.33. The molecule has 108 valence electrons. The van der Waals surface area contributed by atoms with Crippen molar-refractivity contribution < 1.29 is 8.42 Å². The molecule has 19 heavy (non-hydrogen) atoms. The maximum atomic E-state index is 12.1. The van der Waals surface area contributed by atoms with E-state index in [1.54, 1.807) is 24.3 Å². The minimum absolute atomic E-state index is 0.0818. The molecule has 1 rings (SSSR count). The van der Waals surface area contributed by atoms with Gasteiger partial charge >= 0.3 is 0 Å². The fourth-order valence-electron chi connectivity index (χ4n) is 1.77. The van der Waals surface area contributed by atoms with Gasteiger partial charge in [0.15, 0.2) is 9.84 Å². The number of rotatable bonds is 8. The molecule has 0 spiro atoms. The number of benzene rings is 1. The van der Waals surface area contributed by atoms with Gasteiger partial charge in [-0.1, -0.05) is 37.6 Å². The lowest BCUT2D eigenvalue weighted by atomic mass is 10.1. The van der Waals surface area contributed by atoms with E-state index >= 15 is 0 Å². The largest absolute Gasteiger partial charge is 0.316 e. The number of hydrogen-bond acceptors (Lipinski definition) is 3. The van der Waals surface area contributed by atoms with Crippen LogP contribution < -0.4 is 5.32 Å². The van der Waals surface area contributed by atoms with Gasteiger partial charge in [0.2, 0.25) is 0 Å². The molecule has 0 fully saturated rings. The summed E-state index contributed by atoms with van der Waals surface area (Å²) in [6, 6.07) is 6.57. The van der Waals surface area contributed by atoms with E-state index in [-0.39, 0.29) is 10.6 Å². The zero-order valence-electron chi connectivity index (χ0n) is 11.5. The molecule has 1 aromatic carbocycles. The predicted octanol–water partition coefficient (Wildman–Crippen LogP) is 3.14. The van der Waals surface area contributed by atoms with Crippen LogP contribution in [0, 0.1) is 5.92 Å². The summed E-state index contributed by atoms with van der Waals surface area (Å²) in [7, 11) is -3.29. The number of halogens is 1. The van der Waals surface area contributed by atoms with Gasteiger partial charge in [0.05, 0.1) is 15.7 Å². The summed E-state index contributed by atoms with van der Waals surface area (Å²) in [5, 5.41) is 3.46. The van der Waals surface area contributed by atoms with Crippen molar-refractivity contribution in [2.45, 2.75) is 31.6 Å². The Labute approximate surface area is 121 Å². The molecular formula is C14H22ClNO2S. The van der Waals surface area contributed by atoms with Crippen molar-refractivity contribution in [2.75, 3.05) is 18.8 Å². The average molecular weight is 304 g/mol. The molecule has 0 atom stereocenters. The van der Waals surface area contributed by atoms with Crippen molar-refractivity contribution >= 4 is 21.4 Å². The maximum Gasteiger partial charge on any atom is 0.181 e. The highest BCUT2D eigenvalue weighted by molar-refractivity contribution is 7.91. The van der Waals surface area contributed by atoms with Gasteiger partial charge in [0.1, 0.15) is 0 Å². The standard InChI is InChI=1S/C14H22ClNO2S/c1-12(2)6-5-9-16-10-11-19(17,18)14-8-4-3-7-13(14)15/h3-4,7-8,12,16H,5-6,9-11H2,1-2H3. The van der Waals surface area contributed by atoms with Crippen LogP contribution in [0.2, 0.25) is 5.02 Å². The van der Waals surface area contributed by atoms with Crippen LogP contribution in [0.5, 0.6) is 0 Å². The molecule has 0 unspecified atom stereocenters. The summed E-state index contributed by atoms with van der Waals surface area (Å²) in [6.07, 6.45) is 2.23. The van der Waals surface area contributed by atoms with Crippen molar-refractivity contribution in [3.8, 4) is 0 Å². The molecule has 0 aromatic heterocycles. The van der Waals surface area contributed by atoms with Crippen molar-refractivity contribution in [1.82, 2.24) is 5.32 Å². The monoisotopic (exact) mass is 303 g/mol. The topological polar surface area (TPSA) is 46.2 Å². The lowest BCUT2D eigenvalue weighted by Gasteiger charge is -2.08. The van der Waals surface area contributed by atoms with E-state index in [4.69, 9.17) is 11.6 Å². The molecule has 1 aromatic rings. The summed E-state index contributed by atoms with van der Waals surface area (Å²) in [4.78, 5) is 0.223. The van der Waals surface area contributed by atoms with Crippen molar-refractivity contribution in [2.24, 2.45) is 5.92 Å². The number of sulfone groups is 1. The molecule has 0 saturated heterocycles. The molecule has 1 N–H and O–H groups in total. The first-order chi connectivity index (χ1) is 8.93. The molecule has 0 aliphatic carbocycles. The summed E-state index contributed by atoms with van der Waals surface area (Å²) >= 11 is 5.91. The molecular weight excluding hydrogens is 282 g/mol. The molecule has 0 heterocycles. The fourth-order valence-corrected chi connectivity index (χ4v) is 3.55. The Hall–Kier alpha value is -0.580. The highest BCUT2D eigenvalue weighted by Crippen LogP contribution is 2.21. The molecule has 0 bridgehead atoms. The van der Waals surface area contributed by atoms with Crippen LogP contribution in [0.1, 0.15) is 26.7 Å². The first-order valence-corrected chi connectivity index (χ1v) is 8.64. The predicted molar refractivity (Wildman–Crippen MR) is 80.4 cm³/mol. The Morgan fingerprint density at radius 1 is 1.21 bits per heavy atom. The van der Waals surface area contributed by atoms with E-state index in [0.29, 0.717) is 17.5 Å². The first kappa shape index (κ1) is 16.5. The van der Waals surface area contributed by atoms with Crippen LogP contribution >= 0.6 is 11.6 Å². The lowest BCUT2D eigenvalue weighted by molar-refractivity contribution is 0.531. The maximum absolute atomic E-state index is 12.1. The lowest BCUT2D eigenvalue weighted by Crippen LogP contribution is -2.24. The Bertz CT molecular complexity index is 486. The third-order valence-corrected chi connectivity index (χ3v) is 5.06. The van der Waals surface area contributed by atoms with Gasteiger partial charge in [-0.3, -0.25) is 0 Å². The second-order valence-electron chi connectivity index (χ2n) is 5.04. The summed E-state index contributed by atoms with van der Waals surface area (Å²) in [5.41, 5.74) is 0. The SMILES string of the molecule is CC(C)CCCNCCS(=O)(=O)c1ccccc1Cl. The van der Waals surface area contributed by atoms with E-state index in [1.807, 2.05) is 0 Å². The Kier molecular flexibility index (Phi) is 6.83. The van der Waals surface area contributed by atoms with E-state index in [2.05, 4.69) is 19.2 Å². The first-order valence-electron chi connectivity index (χ1n) is 6.61. The summed E-state index contributed by atoms with van der Waals surface area (Å²) < 4.78 is 24.1. The van der Waals surface area contributed by atoms with Crippen LogP contribution in [0.3, 0.4) is 0 Å². The van der Waals surface area contributed by atoms with Gasteiger partial charge in [-0.05, 0) is 37.4 Å². The van der Waals surface area contributed by atoms with Crippen LogP contribution in [0.15, 0.2) is 29.2 Å². The highest BCUT2D eigenvalue weighted by Gasteiger charge is 2.16. The molecule has 0 amide bonds. The summed E-state index contributed by atoms with van der Waals surface area (Å²) in [5.74, 6) is 0.770. The smallest absolute Gasteiger partial charge is 0.181 e. The van der Waals surface area contributed by atoms with Gasteiger partial charge in [-0.2, -0.15) is 0 Å². The van der Waals surface area contributed by atoms with E-state index in [0.717, 1.165) is 19.4 Å². The number of hydrogen-bond donors (Lipinski definition) is 1. The second-order valence-corrected chi connectivity index (χ2v) is 7.52. The second kappa shape index (κ2) is 7.88. The zero-order valence-corrected chi connectivity index (χ0v) is 13.1. The molecule has 0 saturated carbocycles. The normalized spacial score (nSPS) is 12.0. The quantitative estimate of drug-likeness (QED) is 0.751. The van der Waals surface area contributed by atoms with E-state index < -0.39 is 9.84 Å². The van der Waals surface area contributed by atoms with E-state index in [9.17, 15) is 8.42 Å². The Balaban J connectivity index is 2.38. The highest BCUT2D eigenvalue weighted by atomic mass is 35.5. The molecule has 0 aliphatic rings.